The zero-order valence-electron chi connectivity index (χ0n) is 12.4. The first-order valence-corrected chi connectivity index (χ1v) is 8.89. The summed E-state index contributed by atoms with van der Waals surface area (Å²) in [6.45, 7) is 4.73. The molecule has 7 heteroatoms. The van der Waals surface area contributed by atoms with Gasteiger partial charge >= 0.3 is 0 Å². The van der Waals surface area contributed by atoms with Crippen molar-refractivity contribution in [3.05, 3.63) is 29.8 Å². The smallest absolute Gasteiger partial charge is 0.243 e. The van der Waals surface area contributed by atoms with Crippen molar-refractivity contribution >= 4 is 10.0 Å². The lowest BCUT2D eigenvalue weighted by Crippen LogP contribution is -2.37. The largest absolute Gasteiger partial charge is 0.372 e. The number of hydrogen-bond donors (Lipinski definition) is 0. The van der Waals surface area contributed by atoms with E-state index in [-0.39, 0.29) is 17.8 Å². The summed E-state index contributed by atoms with van der Waals surface area (Å²) in [5.41, 5.74) is 0.764. The number of epoxide rings is 3. The predicted molar refractivity (Wildman–Crippen MR) is 78.0 cm³/mol. The Morgan fingerprint density at radius 2 is 1.64 bits per heavy atom. The van der Waals surface area contributed by atoms with Gasteiger partial charge in [-0.25, -0.2) is 8.42 Å². The molecular formula is C15H19NO5S. The van der Waals surface area contributed by atoms with Gasteiger partial charge in [0.25, 0.3) is 0 Å². The van der Waals surface area contributed by atoms with Crippen molar-refractivity contribution in [1.82, 2.24) is 4.31 Å². The van der Waals surface area contributed by atoms with Crippen LogP contribution < -0.4 is 0 Å². The standard InChI is InChI=1S/C15H19NO5S/c1-15(10-21-15)11-2-4-14(5-3-11)22(17,18)16(6-12-8-19-12)7-13-9-20-13/h2-5,12-13H,6-10H2,1H3. The van der Waals surface area contributed by atoms with Gasteiger partial charge in [0.15, 0.2) is 0 Å². The van der Waals surface area contributed by atoms with Crippen LogP contribution in [0, 0.1) is 0 Å². The van der Waals surface area contributed by atoms with Crippen molar-refractivity contribution in [2.24, 2.45) is 0 Å². The van der Waals surface area contributed by atoms with Crippen molar-refractivity contribution in [1.29, 1.82) is 0 Å². The summed E-state index contributed by atoms with van der Waals surface area (Å²) < 4.78 is 42.9. The quantitative estimate of drug-likeness (QED) is 0.691. The fourth-order valence-corrected chi connectivity index (χ4v) is 3.98. The second kappa shape index (κ2) is 5.01. The van der Waals surface area contributed by atoms with Gasteiger partial charge in [0.2, 0.25) is 10.0 Å². The first-order valence-electron chi connectivity index (χ1n) is 7.45. The molecule has 0 saturated carbocycles. The summed E-state index contributed by atoms with van der Waals surface area (Å²) in [4.78, 5) is 0.307. The molecule has 1 aromatic carbocycles. The van der Waals surface area contributed by atoms with Crippen molar-refractivity contribution in [3.63, 3.8) is 0 Å². The third kappa shape index (κ3) is 2.91. The van der Waals surface area contributed by atoms with Crippen LogP contribution in [0.4, 0.5) is 0 Å². The van der Waals surface area contributed by atoms with Crippen LogP contribution in [0.1, 0.15) is 12.5 Å². The summed E-state index contributed by atoms with van der Waals surface area (Å²) in [6, 6.07) is 6.98. The van der Waals surface area contributed by atoms with Crippen LogP contribution in [0.5, 0.6) is 0 Å². The average Bonchev–Trinajstić information content (AvgIpc) is 3.31. The lowest BCUT2D eigenvalue weighted by atomic mass is 10.0. The van der Waals surface area contributed by atoms with E-state index in [4.69, 9.17) is 14.2 Å². The van der Waals surface area contributed by atoms with E-state index >= 15 is 0 Å². The van der Waals surface area contributed by atoms with Crippen LogP contribution in [0.2, 0.25) is 0 Å². The van der Waals surface area contributed by atoms with Gasteiger partial charge in [-0.15, -0.1) is 0 Å². The van der Waals surface area contributed by atoms with Gasteiger partial charge < -0.3 is 14.2 Å². The van der Waals surface area contributed by atoms with Gasteiger partial charge in [-0.1, -0.05) is 12.1 Å². The molecule has 0 aliphatic carbocycles. The molecule has 3 fully saturated rings. The Balaban J connectivity index is 1.56. The fraction of sp³-hybridized carbons (Fsp3) is 0.600. The molecule has 22 heavy (non-hydrogen) atoms. The Morgan fingerprint density at radius 1 is 1.14 bits per heavy atom. The van der Waals surface area contributed by atoms with Crippen molar-refractivity contribution < 1.29 is 22.6 Å². The maximum Gasteiger partial charge on any atom is 0.243 e. The van der Waals surface area contributed by atoms with Gasteiger partial charge in [0.05, 0.1) is 36.9 Å². The van der Waals surface area contributed by atoms with Crippen LogP contribution in [0.25, 0.3) is 0 Å². The van der Waals surface area contributed by atoms with Crippen LogP contribution in [0.3, 0.4) is 0 Å². The maximum absolute atomic E-state index is 12.8. The van der Waals surface area contributed by atoms with Gasteiger partial charge in [-0.05, 0) is 24.6 Å². The molecule has 6 nitrogen and oxygen atoms in total. The SMILES string of the molecule is CC1(c2ccc(S(=O)(=O)N(CC3CO3)CC3CO3)cc2)CO1. The number of benzene rings is 1. The lowest BCUT2D eigenvalue weighted by Gasteiger charge is -2.21. The molecule has 0 radical (unpaired) electrons. The Hall–Kier alpha value is -0.990. The molecule has 3 atom stereocenters. The minimum Gasteiger partial charge on any atom is -0.372 e. The van der Waals surface area contributed by atoms with E-state index in [1.807, 2.05) is 19.1 Å². The molecule has 3 unspecified atom stereocenters. The van der Waals surface area contributed by atoms with Gasteiger partial charge in [-0.2, -0.15) is 4.31 Å². The van der Waals surface area contributed by atoms with Crippen LogP contribution in [-0.2, 0) is 29.8 Å². The van der Waals surface area contributed by atoms with E-state index < -0.39 is 10.0 Å². The normalized spacial score (nSPS) is 33.0. The molecule has 3 saturated heterocycles. The van der Waals surface area contributed by atoms with Crippen LogP contribution >= 0.6 is 0 Å². The molecule has 120 valence electrons. The fourth-order valence-electron chi connectivity index (χ4n) is 2.48. The molecule has 3 heterocycles. The topological polar surface area (TPSA) is 75.0 Å². The monoisotopic (exact) mass is 325 g/mol. The van der Waals surface area contributed by atoms with Crippen molar-refractivity contribution in [2.45, 2.75) is 29.6 Å². The molecule has 3 aliphatic rings. The Bertz CT molecular complexity index is 646. The van der Waals surface area contributed by atoms with Crippen LogP contribution in [0.15, 0.2) is 29.2 Å². The second-order valence-corrected chi connectivity index (χ2v) is 8.21. The molecule has 0 spiro atoms. The number of rotatable bonds is 7. The molecule has 0 aromatic heterocycles. The molecule has 0 N–H and O–H groups in total. The minimum absolute atomic E-state index is 0.0200. The third-order valence-corrected chi connectivity index (χ3v) is 6.15. The molecule has 4 rings (SSSR count). The molecule has 3 aliphatic heterocycles. The van der Waals surface area contributed by atoms with Crippen molar-refractivity contribution in [2.75, 3.05) is 32.9 Å². The molecule has 1 aromatic rings. The number of ether oxygens (including phenoxy) is 3. The zero-order chi connectivity index (χ0) is 15.4. The molecular weight excluding hydrogens is 306 g/mol. The molecule has 0 bridgehead atoms. The first kappa shape index (κ1) is 14.6. The average molecular weight is 325 g/mol. The summed E-state index contributed by atoms with van der Waals surface area (Å²) in [6.07, 6.45) is 0.0400. The van der Waals surface area contributed by atoms with E-state index in [2.05, 4.69) is 0 Å². The van der Waals surface area contributed by atoms with E-state index in [1.54, 1.807) is 12.1 Å². The van der Waals surface area contributed by atoms with E-state index in [0.29, 0.717) is 37.8 Å². The third-order valence-electron chi connectivity index (χ3n) is 4.30. The molecule has 0 amide bonds. The van der Waals surface area contributed by atoms with Gasteiger partial charge in [0.1, 0.15) is 5.60 Å². The van der Waals surface area contributed by atoms with Crippen LogP contribution in [-0.4, -0.2) is 57.8 Å². The summed E-state index contributed by atoms with van der Waals surface area (Å²) in [5, 5.41) is 0. The number of nitrogens with zero attached hydrogens (tertiary/aromatic N) is 1. The van der Waals surface area contributed by atoms with Crippen molar-refractivity contribution in [3.8, 4) is 0 Å². The lowest BCUT2D eigenvalue weighted by molar-refractivity contribution is 0.304. The van der Waals surface area contributed by atoms with E-state index in [0.717, 1.165) is 5.56 Å². The van der Waals surface area contributed by atoms with Gasteiger partial charge in [-0.3, -0.25) is 0 Å². The number of sulfonamides is 1. The Kier molecular flexibility index (Phi) is 3.32. The predicted octanol–water partition coefficient (Wildman–Crippen LogP) is 0.720. The highest BCUT2D eigenvalue weighted by Gasteiger charge is 2.41. The Morgan fingerprint density at radius 3 is 2.05 bits per heavy atom. The highest BCUT2D eigenvalue weighted by Crippen LogP contribution is 2.38. The minimum atomic E-state index is -3.52. The van der Waals surface area contributed by atoms with Gasteiger partial charge in [0, 0.05) is 13.1 Å². The van der Waals surface area contributed by atoms with E-state index in [9.17, 15) is 8.42 Å². The second-order valence-electron chi connectivity index (χ2n) is 6.28. The van der Waals surface area contributed by atoms with E-state index in [1.165, 1.54) is 4.31 Å². The highest BCUT2D eigenvalue weighted by molar-refractivity contribution is 7.89. The number of hydrogen-bond acceptors (Lipinski definition) is 5. The highest BCUT2D eigenvalue weighted by atomic mass is 32.2. The summed E-state index contributed by atoms with van der Waals surface area (Å²) in [7, 11) is -3.52. The zero-order valence-corrected chi connectivity index (χ0v) is 13.2. The summed E-state index contributed by atoms with van der Waals surface area (Å²) in [5.74, 6) is 0. The Labute approximate surface area is 130 Å². The first-order chi connectivity index (χ1) is 10.5. The summed E-state index contributed by atoms with van der Waals surface area (Å²) >= 11 is 0. The maximum atomic E-state index is 12.8.